The van der Waals surface area contributed by atoms with Gasteiger partial charge in [-0.25, -0.2) is 4.39 Å². The van der Waals surface area contributed by atoms with Gasteiger partial charge < -0.3 is 18.9 Å². The van der Waals surface area contributed by atoms with Gasteiger partial charge >= 0.3 is 0 Å². The van der Waals surface area contributed by atoms with E-state index in [9.17, 15) is 4.39 Å². The number of hydrogen-bond donors (Lipinski definition) is 0. The molecule has 26 heavy (non-hydrogen) atoms. The van der Waals surface area contributed by atoms with Gasteiger partial charge in [-0.2, -0.15) is 0 Å². The van der Waals surface area contributed by atoms with Gasteiger partial charge in [0.15, 0.2) is 23.0 Å². The van der Waals surface area contributed by atoms with Crippen LogP contribution in [-0.2, 0) is 19.4 Å². The highest BCUT2D eigenvalue weighted by Crippen LogP contribution is 2.47. The van der Waals surface area contributed by atoms with E-state index < -0.39 is 0 Å². The van der Waals surface area contributed by atoms with Crippen LogP contribution in [0.25, 0.3) is 0 Å². The molecule has 5 rings (SSSR count). The first-order chi connectivity index (χ1) is 12.7. The molecule has 1 unspecified atom stereocenters. The summed E-state index contributed by atoms with van der Waals surface area (Å²) in [6, 6.07) is 5.71. The lowest BCUT2D eigenvalue weighted by molar-refractivity contribution is 0.155. The van der Waals surface area contributed by atoms with E-state index in [2.05, 4.69) is 17.0 Å². The van der Waals surface area contributed by atoms with Crippen LogP contribution in [0.2, 0.25) is 0 Å². The molecule has 0 aromatic heterocycles. The molecule has 5 nitrogen and oxygen atoms in total. The average molecular weight is 357 g/mol. The maximum absolute atomic E-state index is 14.8. The number of methoxy groups -OCH3 is 2. The highest BCUT2D eigenvalue weighted by atomic mass is 19.1. The Morgan fingerprint density at radius 1 is 1.08 bits per heavy atom. The van der Waals surface area contributed by atoms with Gasteiger partial charge in [0.2, 0.25) is 6.79 Å². The van der Waals surface area contributed by atoms with Crippen molar-refractivity contribution in [3.05, 3.63) is 46.3 Å². The fraction of sp³-hybridized carbons (Fsp3) is 0.400. The number of hydrogen-bond acceptors (Lipinski definition) is 5. The molecule has 0 spiro atoms. The summed E-state index contributed by atoms with van der Waals surface area (Å²) in [4.78, 5) is 2.38. The molecule has 0 amide bonds. The van der Waals surface area contributed by atoms with Crippen molar-refractivity contribution in [1.82, 2.24) is 4.90 Å². The second kappa shape index (κ2) is 5.77. The molecule has 0 fully saturated rings. The topological polar surface area (TPSA) is 40.2 Å². The minimum absolute atomic E-state index is 0.133. The highest BCUT2D eigenvalue weighted by molar-refractivity contribution is 5.55. The van der Waals surface area contributed by atoms with Crippen molar-refractivity contribution in [3.8, 4) is 23.0 Å². The second-order valence-electron chi connectivity index (χ2n) is 6.90. The molecule has 3 aliphatic rings. The van der Waals surface area contributed by atoms with Crippen LogP contribution in [-0.4, -0.2) is 32.5 Å². The summed E-state index contributed by atoms with van der Waals surface area (Å²) in [5.41, 5.74) is 4.08. The molecule has 3 heterocycles. The van der Waals surface area contributed by atoms with Crippen LogP contribution < -0.4 is 18.9 Å². The van der Waals surface area contributed by atoms with Gasteiger partial charge in [-0.1, -0.05) is 0 Å². The number of rotatable bonds is 2. The van der Waals surface area contributed by atoms with Crippen LogP contribution in [0.15, 0.2) is 18.2 Å². The third-order valence-corrected chi connectivity index (χ3v) is 5.69. The summed E-state index contributed by atoms with van der Waals surface area (Å²) in [6.07, 6.45) is 1.54. The molecule has 6 heteroatoms. The smallest absolute Gasteiger partial charge is 0.231 e. The van der Waals surface area contributed by atoms with Crippen LogP contribution in [0.3, 0.4) is 0 Å². The number of benzene rings is 2. The summed E-state index contributed by atoms with van der Waals surface area (Å²) < 4.78 is 36.7. The van der Waals surface area contributed by atoms with Crippen molar-refractivity contribution in [1.29, 1.82) is 0 Å². The molecule has 1 atom stereocenters. The van der Waals surface area contributed by atoms with E-state index in [1.54, 1.807) is 7.11 Å². The molecule has 0 saturated heterocycles. The predicted octanol–water partition coefficient (Wildman–Crippen LogP) is 3.23. The first-order valence-electron chi connectivity index (χ1n) is 8.78. The SMILES string of the molecule is COc1cc(F)c2c(c1OC)CN1CCc3cc4c(cc3C1C2)OCO4. The lowest BCUT2D eigenvalue weighted by atomic mass is 9.83. The van der Waals surface area contributed by atoms with E-state index in [1.807, 2.05) is 0 Å². The summed E-state index contributed by atoms with van der Waals surface area (Å²) in [5, 5.41) is 0. The summed E-state index contributed by atoms with van der Waals surface area (Å²) in [5.74, 6) is 2.45. The van der Waals surface area contributed by atoms with Gasteiger partial charge in [0.05, 0.1) is 14.2 Å². The largest absolute Gasteiger partial charge is 0.493 e. The normalized spacial score (nSPS) is 20.2. The van der Waals surface area contributed by atoms with Gasteiger partial charge in [0, 0.05) is 30.8 Å². The third kappa shape index (κ3) is 2.18. The molecule has 0 aliphatic carbocycles. The zero-order valence-corrected chi connectivity index (χ0v) is 14.8. The van der Waals surface area contributed by atoms with Gasteiger partial charge in [-0.05, 0) is 41.7 Å². The molecule has 0 saturated carbocycles. The molecule has 2 aromatic rings. The van der Waals surface area contributed by atoms with E-state index in [-0.39, 0.29) is 18.7 Å². The van der Waals surface area contributed by atoms with E-state index in [4.69, 9.17) is 18.9 Å². The molecular formula is C20H20FNO4. The number of nitrogens with zero attached hydrogens (tertiary/aromatic N) is 1. The molecular weight excluding hydrogens is 337 g/mol. The Bertz CT molecular complexity index is 898. The zero-order chi connectivity index (χ0) is 17.8. The lowest BCUT2D eigenvalue weighted by Gasteiger charge is -2.42. The number of halogens is 1. The molecule has 0 bridgehead atoms. The van der Waals surface area contributed by atoms with Crippen molar-refractivity contribution in [3.63, 3.8) is 0 Å². The van der Waals surface area contributed by atoms with Crippen molar-refractivity contribution in [2.75, 3.05) is 27.6 Å². The standard InChI is InChI=1S/C20H20FNO4/c1-23-19-8-15(21)13-6-16-12-7-18-17(25-10-26-18)5-11(12)3-4-22(16)9-14(13)20(19)24-2/h5,7-8,16H,3-4,6,9-10H2,1-2H3. The van der Waals surface area contributed by atoms with Gasteiger partial charge in [-0.15, -0.1) is 0 Å². The van der Waals surface area contributed by atoms with E-state index >= 15 is 0 Å². The Hall–Kier alpha value is -2.47. The third-order valence-electron chi connectivity index (χ3n) is 5.69. The zero-order valence-electron chi connectivity index (χ0n) is 14.8. The maximum Gasteiger partial charge on any atom is 0.231 e. The second-order valence-corrected chi connectivity index (χ2v) is 6.90. The van der Waals surface area contributed by atoms with Crippen molar-refractivity contribution < 1.29 is 23.3 Å². The van der Waals surface area contributed by atoms with Crippen LogP contribution in [0, 0.1) is 5.82 Å². The van der Waals surface area contributed by atoms with Crippen LogP contribution in [0.5, 0.6) is 23.0 Å². The number of ether oxygens (including phenoxy) is 4. The molecule has 2 aromatic carbocycles. The molecule has 136 valence electrons. The first-order valence-corrected chi connectivity index (χ1v) is 8.78. The predicted molar refractivity (Wildman–Crippen MR) is 92.6 cm³/mol. The molecule has 3 aliphatic heterocycles. The Morgan fingerprint density at radius 2 is 1.88 bits per heavy atom. The summed E-state index contributed by atoms with van der Waals surface area (Å²) in [7, 11) is 3.14. The van der Waals surface area contributed by atoms with Crippen LogP contribution >= 0.6 is 0 Å². The monoisotopic (exact) mass is 357 g/mol. The maximum atomic E-state index is 14.8. The molecule has 0 radical (unpaired) electrons. The molecule has 0 N–H and O–H groups in total. The Balaban J connectivity index is 1.60. The van der Waals surface area contributed by atoms with E-state index in [0.29, 0.717) is 24.5 Å². The van der Waals surface area contributed by atoms with Gasteiger partial charge in [0.25, 0.3) is 0 Å². The minimum atomic E-state index is -0.231. The Labute approximate surface area is 151 Å². The fourth-order valence-corrected chi connectivity index (χ4v) is 4.43. The van der Waals surface area contributed by atoms with Gasteiger partial charge in [-0.3, -0.25) is 4.90 Å². The van der Waals surface area contributed by atoms with E-state index in [1.165, 1.54) is 24.3 Å². The first kappa shape index (κ1) is 15.8. The van der Waals surface area contributed by atoms with Crippen molar-refractivity contribution >= 4 is 0 Å². The summed E-state index contributed by atoms with van der Waals surface area (Å²) >= 11 is 0. The Morgan fingerprint density at radius 3 is 2.65 bits per heavy atom. The number of fused-ring (bicyclic) bond motifs is 5. The van der Waals surface area contributed by atoms with Crippen molar-refractivity contribution in [2.24, 2.45) is 0 Å². The Kier molecular flexibility index (Phi) is 3.50. The quantitative estimate of drug-likeness (QED) is 0.825. The van der Waals surface area contributed by atoms with Crippen LogP contribution in [0.1, 0.15) is 28.3 Å². The van der Waals surface area contributed by atoms with Gasteiger partial charge in [0.1, 0.15) is 5.82 Å². The average Bonchev–Trinajstić information content (AvgIpc) is 3.12. The van der Waals surface area contributed by atoms with E-state index in [0.717, 1.165) is 35.6 Å². The summed E-state index contributed by atoms with van der Waals surface area (Å²) in [6.45, 7) is 1.82. The highest BCUT2D eigenvalue weighted by Gasteiger charge is 2.37. The van der Waals surface area contributed by atoms with Crippen LogP contribution in [0.4, 0.5) is 4.39 Å². The minimum Gasteiger partial charge on any atom is -0.493 e. The van der Waals surface area contributed by atoms with Crippen molar-refractivity contribution in [2.45, 2.75) is 25.4 Å². The fourth-order valence-electron chi connectivity index (χ4n) is 4.43. The lowest BCUT2D eigenvalue weighted by Crippen LogP contribution is -2.39.